The first kappa shape index (κ1) is 28.5. The number of amidine groups is 2. The second kappa shape index (κ2) is 12.6. The van der Waals surface area contributed by atoms with E-state index in [-0.39, 0.29) is 34.0 Å². The zero-order chi connectivity index (χ0) is 24.5. The number of benzene rings is 4. The highest BCUT2D eigenvalue weighted by Gasteiger charge is 2.41. The van der Waals surface area contributed by atoms with Gasteiger partial charge in [-0.1, -0.05) is 80.4 Å². The van der Waals surface area contributed by atoms with E-state index in [1.54, 1.807) is 0 Å². The minimum atomic E-state index is 0. The molecular formula is C28H23Br4N6-. The maximum absolute atomic E-state index is 5.14. The predicted molar refractivity (Wildman–Crippen MR) is 154 cm³/mol. The lowest BCUT2D eigenvalue weighted by Gasteiger charge is -2.22. The molecule has 194 valence electrons. The van der Waals surface area contributed by atoms with Gasteiger partial charge in [0.2, 0.25) is 5.84 Å². The van der Waals surface area contributed by atoms with E-state index < -0.39 is 0 Å². The molecule has 0 aromatic heterocycles. The van der Waals surface area contributed by atoms with Crippen LogP contribution in [0.25, 0.3) is 0 Å². The van der Waals surface area contributed by atoms with E-state index in [0.29, 0.717) is 13.3 Å². The maximum atomic E-state index is 5.14. The van der Waals surface area contributed by atoms with Gasteiger partial charge in [-0.05, 0) is 60.7 Å². The van der Waals surface area contributed by atoms with Gasteiger partial charge in [0.05, 0.1) is 11.4 Å². The smallest absolute Gasteiger partial charge is 0.295 e. The molecule has 0 aliphatic carbocycles. The van der Waals surface area contributed by atoms with Crippen molar-refractivity contribution >= 4 is 66.3 Å². The molecule has 38 heavy (non-hydrogen) atoms. The third-order valence-corrected chi connectivity index (χ3v) is 7.16. The first-order valence-electron chi connectivity index (χ1n) is 11.6. The molecule has 6 rings (SSSR count). The Morgan fingerprint density at radius 3 is 1.76 bits per heavy atom. The average molecular weight is 763 g/mol. The van der Waals surface area contributed by atoms with E-state index in [0.717, 1.165) is 48.3 Å². The zero-order valence-electron chi connectivity index (χ0n) is 20.1. The van der Waals surface area contributed by atoms with E-state index in [1.807, 2.05) is 41.4 Å². The fourth-order valence-corrected chi connectivity index (χ4v) is 5.21. The van der Waals surface area contributed by atoms with Crippen molar-refractivity contribution in [1.82, 2.24) is 0 Å². The van der Waals surface area contributed by atoms with Crippen molar-refractivity contribution < 1.29 is 38.9 Å². The molecule has 2 heterocycles. The quantitative estimate of drug-likeness (QED) is 0.307. The number of nitrogens with one attached hydrogen (secondary N) is 1. The first-order valence-corrected chi connectivity index (χ1v) is 13.2. The highest BCUT2D eigenvalue weighted by Crippen LogP contribution is 2.28. The number of para-hydroxylation sites is 2. The molecule has 0 amide bonds. The molecular weight excluding hydrogens is 740 g/mol. The summed E-state index contributed by atoms with van der Waals surface area (Å²) in [4.78, 5) is 3.37. The molecule has 1 N–H and O–H groups in total. The summed E-state index contributed by atoms with van der Waals surface area (Å²) in [6, 6.07) is 37.3. The van der Waals surface area contributed by atoms with Gasteiger partial charge in [0, 0.05) is 14.6 Å². The first-order chi connectivity index (χ1) is 17.7. The monoisotopic (exact) mass is 759 g/mol. The summed E-state index contributed by atoms with van der Waals surface area (Å²) >= 11 is 7.21. The van der Waals surface area contributed by atoms with Crippen LogP contribution >= 0.6 is 31.9 Å². The third kappa shape index (κ3) is 5.89. The summed E-state index contributed by atoms with van der Waals surface area (Å²) in [6.07, 6.45) is 0. The van der Waals surface area contributed by atoms with Gasteiger partial charge in [0.15, 0.2) is 6.67 Å². The number of hydrogen-bond acceptors (Lipinski definition) is 5. The Labute approximate surface area is 260 Å². The summed E-state index contributed by atoms with van der Waals surface area (Å²) in [5, 5.41) is 14.4. The van der Waals surface area contributed by atoms with Crippen LogP contribution in [0.1, 0.15) is 0 Å². The highest BCUT2D eigenvalue weighted by atomic mass is 79.9. The van der Waals surface area contributed by atoms with Crippen molar-refractivity contribution in [3.05, 3.63) is 118 Å². The van der Waals surface area contributed by atoms with Gasteiger partial charge < -0.3 is 34.0 Å². The number of nitrogens with zero attached hydrogens (tertiary/aromatic N) is 5. The number of hydrogen-bond donors (Lipinski definition) is 1. The summed E-state index contributed by atoms with van der Waals surface area (Å²) < 4.78 is 2.04. The van der Waals surface area contributed by atoms with Crippen LogP contribution in [-0.4, -0.2) is 25.0 Å². The van der Waals surface area contributed by atoms with Gasteiger partial charge in [-0.15, -0.1) is 10.2 Å². The molecule has 6 nitrogen and oxygen atoms in total. The van der Waals surface area contributed by atoms with E-state index >= 15 is 0 Å². The predicted octanol–water partition coefficient (Wildman–Crippen LogP) is -0.175. The van der Waals surface area contributed by atoms with Crippen LogP contribution in [0.4, 0.5) is 22.7 Å². The fourth-order valence-electron chi connectivity index (χ4n) is 4.44. The Kier molecular flexibility index (Phi) is 9.43. The number of halogens is 4. The normalized spacial score (nSPS) is 16.5. The standard InChI is InChI=1S/C28H22Br2N6.2BrH/c29-21-9-7-15-25(17-21)35-19-33(23-11-3-1-4-12-23)27(31-35)28-32-36(26-16-8-10-22(30)18-26)20-34(28)24-13-5-2-6-14-24;;/h1-18H,19-20H2;2*1H/p-1. The van der Waals surface area contributed by atoms with Crippen molar-refractivity contribution in [2.45, 2.75) is 0 Å². The summed E-state index contributed by atoms with van der Waals surface area (Å²) in [5.74, 6) is 1.71. The van der Waals surface area contributed by atoms with Crippen molar-refractivity contribution in [3.63, 3.8) is 0 Å². The van der Waals surface area contributed by atoms with Crippen LogP contribution in [0, 0.1) is 0 Å². The average Bonchev–Trinajstić information content (AvgIpc) is 3.55. The number of rotatable bonds is 5. The largest absolute Gasteiger partial charge is 1.00 e. The molecule has 2 aliphatic rings. The van der Waals surface area contributed by atoms with Gasteiger partial charge in [-0.25, -0.2) is 14.9 Å². The van der Waals surface area contributed by atoms with E-state index in [9.17, 15) is 0 Å². The number of hydrazone groups is 2. The van der Waals surface area contributed by atoms with Gasteiger partial charge >= 0.3 is 0 Å². The molecule has 0 spiro atoms. The lowest BCUT2D eigenvalue weighted by atomic mass is 10.2. The Bertz CT molecular complexity index is 1340. The van der Waals surface area contributed by atoms with Crippen LogP contribution in [0.5, 0.6) is 0 Å². The Morgan fingerprint density at radius 2 is 1.16 bits per heavy atom. The van der Waals surface area contributed by atoms with Gasteiger partial charge in [0.25, 0.3) is 5.84 Å². The second-order valence-corrected chi connectivity index (χ2v) is 10.4. The molecule has 10 heteroatoms. The molecule has 4 aromatic carbocycles. The number of quaternary nitrogens is 1. The second-order valence-electron chi connectivity index (χ2n) is 8.54. The zero-order valence-corrected chi connectivity index (χ0v) is 26.4. The highest BCUT2D eigenvalue weighted by molar-refractivity contribution is 9.10. The molecule has 0 radical (unpaired) electrons. The summed E-state index contributed by atoms with van der Waals surface area (Å²) in [6.45, 7) is 1.25. The molecule has 0 saturated carbocycles. The molecule has 1 unspecified atom stereocenters. The summed E-state index contributed by atoms with van der Waals surface area (Å²) in [7, 11) is 0. The molecule has 0 saturated heterocycles. The van der Waals surface area contributed by atoms with Gasteiger partial charge in [-0.2, -0.15) is 0 Å². The minimum absolute atomic E-state index is 0. The van der Waals surface area contributed by atoms with E-state index in [2.05, 4.69) is 115 Å². The Hall–Kier alpha value is -2.50. The van der Waals surface area contributed by atoms with E-state index in [4.69, 9.17) is 10.2 Å². The van der Waals surface area contributed by atoms with Crippen LogP contribution in [0.2, 0.25) is 0 Å². The Balaban J connectivity index is 0.00000168. The molecule has 0 fully saturated rings. The molecule has 1 atom stereocenters. The fraction of sp³-hybridized carbons (Fsp3) is 0.0714. The van der Waals surface area contributed by atoms with Crippen LogP contribution < -0.4 is 53.8 Å². The third-order valence-electron chi connectivity index (χ3n) is 6.18. The van der Waals surface area contributed by atoms with Crippen molar-refractivity contribution in [3.8, 4) is 0 Å². The molecule has 2 aliphatic heterocycles. The van der Waals surface area contributed by atoms with Crippen LogP contribution in [0.15, 0.2) is 128 Å². The van der Waals surface area contributed by atoms with Gasteiger partial charge in [0.1, 0.15) is 12.4 Å². The maximum Gasteiger partial charge on any atom is 0.295 e. The van der Waals surface area contributed by atoms with Crippen molar-refractivity contribution in [2.24, 2.45) is 10.2 Å². The minimum Gasteiger partial charge on any atom is -1.00 e. The molecule has 4 aromatic rings. The van der Waals surface area contributed by atoms with Crippen molar-refractivity contribution in [2.75, 3.05) is 28.3 Å². The number of anilines is 3. The van der Waals surface area contributed by atoms with Crippen molar-refractivity contribution in [1.29, 1.82) is 0 Å². The van der Waals surface area contributed by atoms with Gasteiger partial charge in [-0.3, -0.25) is 4.90 Å². The van der Waals surface area contributed by atoms with Crippen LogP contribution in [0.3, 0.4) is 0 Å². The Morgan fingerprint density at radius 1 is 0.605 bits per heavy atom. The topological polar surface area (TPSA) is 38.9 Å². The molecule has 0 bridgehead atoms. The van der Waals surface area contributed by atoms with E-state index in [1.165, 1.54) is 0 Å². The SMILES string of the molecule is Brc1cccc(N2CN(c3ccccc3)C(C3=NN(c4cccc(Br)c4)C[NH+]3c3ccccc3)=N2)c1.[Br-].[Br-]. The lowest BCUT2D eigenvalue weighted by Crippen LogP contribution is -3.10. The summed E-state index contributed by atoms with van der Waals surface area (Å²) in [5.41, 5.74) is 4.26. The van der Waals surface area contributed by atoms with Crippen LogP contribution in [-0.2, 0) is 0 Å². The lowest BCUT2D eigenvalue weighted by molar-refractivity contribution is -0.721.